The Hall–Kier alpha value is -0.460. The lowest BCUT2D eigenvalue weighted by molar-refractivity contribution is 0.165. The first kappa shape index (κ1) is 20.5. The normalized spacial score (nSPS) is 16.5. The predicted molar refractivity (Wildman–Crippen MR) is 86.5 cm³/mol. The lowest BCUT2D eigenvalue weighted by Crippen LogP contribution is -2.62. The van der Waals surface area contributed by atoms with Crippen molar-refractivity contribution in [2.75, 3.05) is 13.2 Å². The molecule has 0 saturated carbocycles. The van der Waals surface area contributed by atoms with Crippen molar-refractivity contribution in [1.29, 1.82) is 5.41 Å². The Bertz CT molecular complexity index is 435. The van der Waals surface area contributed by atoms with Crippen molar-refractivity contribution >= 4 is 16.1 Å². The zero-order chi connectivity index (χ0) is 17.1. The van der Waals surface area contributed by atoms with Gasteiger partial charge in [-0.2, -0.15) is 0 Å². The van der Waals surface area contributed by atoms with Gasteiger partial charge < -0.3 is 15.6 Å². The standard InChI is InChI=1S/C15H31NO4S/c1-11(2)14(9-16,7-8-17)21(19,20)15(10-18,12(3)4)13(5)6/h9,11-13,16-18H,7-8,10H2,1-6H3. The molecule has 0 saturated heterocycles. The lowest BCUT2D eigenvalue weighted by Gasteiger charge is -2.46. The van der Waals surface area contributed by atoms with Gasteiger partial charge >= 0.3 is 0 Å². The van der Waals surface area contributed by atoms with Gasteiger partial charge in [0, 0.05) is 12.8 Å². The molecule has 0 radical (unpaired) electrons. The SMILES string of the molecule is CC(C)C(C=N)(CCO)S(=O)(=O)C(CO)(C(C)C)C(C)C. The maximum atomic E-state index is 13.4. The van der Waals surface area contributed by atoms with Crippen LogP contribution in [0.3, 0.4) is 0 Å². The van der Waals surface area contributed by atoms with Gasteiger partial charge in [-0.1, -0.05) is 41.5 Å². The summed E-state index contributed by atoms with van der Waals surface area (Å²) in [6.45, 7) is 9.79. The summed E-state index contributed by atoms with van der Waals surface area (Å²) in [6.07, 6.45) is 0.913. The van der Waals surface area contributed by atoms with Crippen molar-refractivity contribution in [1.82, 2.24) is 0 Å². The first-order chi connectivity index (χ1) is 9.51. The van der Waals surface area contributed by atoms with Crippen LogP contribution in [0.2, 0.25) is 0 Å². The summed E-state index contributed by atoms with van der Waals surface area (Å²) in [5, 5.41) is 27.0. The average Bonchev–Trinajstić information content (AvgIpc) is 2.35. The van der Waals surface area contributed by atoms with Gasteiger partial charge in [0.1, 0.15) is 9.49 Å². The minimum atomic E-state index is -3.90. The molecular weight excluding hydrogens is 290 g/mol. The van der Waals surface area contributed by atoms with Crippen LogP contribution in [0.4, 0.5) is 0 Å². The smallest absolute Gasteiger partial charge is 0.169 e. The van der Waals surface area contributed by atoms with Gasteiger partial charge in [-0.05, 0) is 24.2 Å². The van der Waals surface area contributed by atoms with Gasteiger partial charge in [0.25, 0.3) is 0 Å². The molecule has 0 aromatic heterocycles. The lowest BCUT2D eigenvalue weighted by atomic mass is 9.85. The molecule has 0 heterocycles. The molecule has 0 fully saturated rings. The minimum Gasteiger partial charge on any atom is -0.396 e. The summed E-state index contributed by atoms with van der Waals surface area (Å²) in [7, 11) is -3.90. The minimum absolute atomic E-state index is 0.0301. The van der Waals surface area contributed by atoms with Crippen molar-refractivity contribution in [3.8, 4) is 0 Å². The molecule has 126 valence electrons. The van der Waals surface area contributed by atoms with E-state index in [1.807, 2.05) is 0 Å². The Morgan fingerprint density at radius 3 is 1.62 bits per heavy atom. The quantitative estimate of drug-likeness (QED) is 0.565. The fraction of sp³-hybridized carbons (Fsp3) is 0.933. The van der Waals surface area contributed by atoms with E-state index in [4.69, 9.17) is 5.41 Å². The van der Waals surface area contributed by atoms with Crippen molar-refractivity contribution < 1.29 is 18.6 Å². The molecule has 0 aliphatic carbocycles. The number of hydrogen-bond acceptors (Lipinski definition) is 5. The Balaban J connectivity index is 6.52. The summed E-state index contributed by atoms with van der Waals surface area (Å²) in [4.78, 5) is 0. The van der Waals surface area contributed by atoms with Crippen LogP contribution in [0.1, 0.15) is 48.0 Å². The van der Waals surface area contributed by atoms with Crippen LogP contribution in [-0.4, -0.2) is 47.6 Å². The molecule has 21 heavy (non-hydrogen) atoms. The van der Waals surface area contributed by atoms with Crippen LogP contribution in [0.25, 0.3) is 0 Å². The molecule has 3 N–H and O–H groups in total. The zero-order valence-electron chi connectivity index (χ0n) is 14.0. The predicted octanol–water partition coefficient (Wildman–Crippen LogP) is 1.87. The molecule has 1 unspecified atom stereocenters. The molecule has 5 nitrogen and oxygen atoms in total. The van der Waals surface area contributed by atoms with E-state index < -0.39 is 25.9 Å². The molecule has 0 aliphatic rings. The van der Waals surface area contributed by atoms with E-state index in [0.717, 1.165) is 6.21 Å². The van der Waals surface area contributed by atoms with Gasteiger partial charge in [0.05, 0.1) is 6.61 Å². The summed E-state index contributed by atoms with van der Waals surface area (Å²) >= 11 is 0. The Labute approximate surface area is 129 Å². The van der Waals surface area contributed by atoms with Crippen molar-refractivity contribution in [3.05, 3.63) is 0 Å². The summed E-state index contributed by atoms with van der Waals surface area (Å²) in [6, 6.07) is 0. The number of sulfone groups is 1. The van der Waals surface area contributed by atoms with E-state index in [0.29, 0.717) is 0 Å². The van der Waals surface area contributed by atoms with E-state index in [-0.39, 0.29) is 30.8 Å². The number of rotatable bonds is 9. The third-order valence-corrected chi connectivity index (χ3v) is 8.79. The molecule has 0 aliphatic heterocycles. The number of nitrogens with one attached hydrogen (secondary N) is 1. The Kier molecular flexibility index (Phi) is 7.04. The molecule has 0 spiro atoms. The van der Waals surface area contributed by atoms with E-state index >= 15 is 0 Å². The number of aliphatic hydroxyl groups is 2. The second-order valence-electron chi connectivity index (χ2n) is 6.65. The maximum absolute atomic E-state index is 13.4. The fourth-order valence-corrected chi connectivity index (χ4v) is 6.57. The second-order valence-corrected chi connectivity index (χ2v) is 9.18. The molecular formula is C15H31NO4S. The van der Waals surface area contributed by atoms with Gasteiger partial charge in [0.2, 0.25) is 0 Å². The fourth-order valence-electron chi connectivity index (χ4n) is 3.32. The van der Waals surface area contributed by atoms with E-state index in [2.05, 4.69) is 0 Å². The highest BCUT2D eigenvalue weighted by Crippen LogP contribution is 2.44. The molecule has 0 aromatic rings. The number of aliphatic hydroxyl groups excluding tert-OH is 2. The topological polar surface area (TPSA) is 98.5 Å². The third kappa shape index (κ3) is 2.90. The maximum Gasteiger partial charge on any atom is 0.169 e. The summed E-state index contributed by atoms with van der Waals surface area (Å²) < 4.78 is 24.1. The average molecular weight is 321 g/mol. The Morgan fingerprint density at radius 2 is 1.43 bits per heavy atom. The number of hydrogen-bond donors (Lipinski definition) is 3. The van der Waals surface area contributed by atoms with Gasteiger partial charge in [-0.15, -0.1) is 0 Å². The molecule has 0 aromatic carbocycles. The molecule has 1 atom stereocenters. The Morgan fingerprint density at radius 1 is 1.00 bits per heavy atom. The highest BCUT2D eigenvalue weighted by Gasteiger charge is 2.59. The van der Waals surface area contributed by atoms with E-state index in [1.165, 1.54) is 0 Å². The first-order valence-corrected chi connectivity index (χ1v) is 8.97. The highest BCUT2D eigenvalue weighted by molar-refractivity contribution is 7.95. The van der Waals surface area contributed by atoms with Crippen LogP contribution >= 0.6 is 0 Å². The first-order valence-electron chi connectivity index (χ1n) is 7.49. The van der Waals surface area contributed by atoms with Crippen LogP contribution < -0.4 is 0 Å². The van der Waals surface area contributed by atoms with Gasteiger partial charge in [-0.25, -0.2) is 8.42 Å². The summed E-state index contributed by atoms with van der Waals surface area (Å²) in [5.74, 6) is -0.968. The molecule has 0 bridgehead atoms. The van der Waals surface area contributed by atoms with Gasteiger partial charge in [-0.3, -0.25) is 0 Å². The summed E-state index contributed by atoms with van der Waals surface area (Å²) in [5.41, 5.74) is 0. The van der Waals surface area contributed by atoms with Crippen molar-refractivity contribution in [3.63, 3.8) is 0 Å². The second kappa shape index (κ2) is 7.20. The molecule has 0 amide bonds. The largest absolute Gasteiger partial charge is 0.396 e. The monoisotopic (exact) mass is 321 g/mol. The van der Waals surface area contributed by atoms with Gasteiger partial charge in [0.15, 0.2) is 9.84 Å². The van der Waals surface area contributed by atoms with Crippen LogP contribution in [0.15, 0.2) is 0 Å². The third-order valence-electron chi connectivity index (χ3n) is 4.93. The van der Waals surface area contributed by atoms with Crippen LogP contribution in [0, 0.1) is 23.2 Å². The highest BCUT2D eigenvalue weighted by atomic mass is 32.2. The molecule has 6 heteroatoms. The van der Waals surface area contributed by atoms with E-state index in [9.17, 15) is 18.6 Å². The van der Waals surface area contributed by atoms with Crippen LogP contribution in [0.5, 0.6) is 0 Å². The zero-order valence-corrected chi connectivity index (χ0v) is 14.9. The molecule has 0 rings (SSSR count). The van der Waals surface area contributed by atoms with E-state index in [1.54, 1.807) is 41.5 Å². The van der Waals surface area contributed by atoms with Crippen LogP contribution in [-0.2, 0) is 9.84 Å². The van der Waals surface area contributed by atoms with Crippen molar-refractivity contribution in [2.24, 2.45) is 17.8 Å². The van der Waals surface area contributed by atoms with Crippen molar-refractivity contribution in [2.45, 2.75) is 57.5 Å².